The van der Waals surface area contributed by atoms with Crippen molar-refractivity contribution in [1.82, 2.24) is 0 Å². The first-order valence-corrected chi connectivity index (χ1v) is 12.1. The molecule has 0 aliphatic rings. The Balaban J connectivity index is -0.0000000213. The average Bonchev–Trinajstić information content (AvgIpc) is 2.33. The molecule has 24 N–H and O–H groups in total. The van der Waals surface area contributed by atoms with Gasteiger partial charge in [0.05, 0.1) is 26.2 Å². The van der Waals surface area contributed by atoms with Crippen molar-refractivity contribution in [2.75, 3.05) is 26.2 Å². The summed E-state index contributed by atoms with van der Waals surface area (Å²) in [5, 5.41) is 0. The van der Waals surface area contributed by atoms with Crippen LogP contribution >= 0.6 is 0 Å². The molecule has 0 amide bonds. The maximum atomic E-state index is 8.63. The van der Waals surface area contributed by atoms with Gasteiger partial charge in [-0.2, -0.15) is 0 Å². The number of quaternary nitrogens is 4. The summed E-state index contributed by atoms with van der Waals surface area (Å²) in [6.45, 7) is 4.12. The van der Waals surface area contributed by atoms with E-state index in [1.54, 1.807) is 0 Å². The van der Waals surface area contributed by atoms with Gasteiger partial charge in [-0.25, -0.2) is 16.8 Å². The van der Waals surface area contributed by atoms with Crippen LogP contribution in [-0.4, -0.2) is 107 Å². The molecule has 35 heavy (non-hydrogen) atoms. The largest absolute Gasteiger partial charge is 2.00 e. The van der Waals surface area contributed by atoms with Gasteiger partial charge in [0.1, 0.15) is 0 Å². The van der Waals surface area contributed by atoms with Gasteiger partial charge in [0, 0.05) is 33.6 Å². The zero-order valence-corrected chi connectivity index (χ0v) is 22.0. The molecule has 233 valence electrons. The van der Waals surface area contributed by atoms with Crippen molar-refractivity contribution >= 4 is 41.6 Å². The maximum Gasteiger partial charge on any atom is 2.00 e. The van der Waals surface area contributed by atoms with Gasteiger partial charge in [-0.15, -0.1) is 0 Å². The first kappa shape index (κ1) is 70.2. The Bertz CT molecular complexity index is 593. The van der Waals surface area contributed by atoms with Crippen molar-refractivity contribution in [2.45, 2.75) is 12.8 Å². The van der Waals surface area contributed by atoms with Gasteiger partial charge in [-0.05, 0) is 0 Å². The van der Waals surface area contributed by atoms with Crippen molar-refractivity contribution in [1.29, 1.82) is 0 Å². The summed E-state index contributed by atoms with van der Waals surface area (Å²) < 4.78 is 134. The fraction of sp³-hybridized carbons (Fsp3) is 1.00. The maximum absolute atomic E-state index is 8.63. The number of hydrogen-bond donors (Lipinski definition) is 6. The molecule has 0 unspecified atom stereocenters. The minimum Gasteiger partial charge on any atom is -0.759 e. The van der Waals surface area contributed by atoms with Crippen molar-refractivity contribution in [3.63, 3.8) is 0 Å². The van der Waals surface area contributed by atoms with Crippen LogP contribution in [0.1, 0.15) is 12.8 Å². The van der Waals surface area contributed by atoms with E-state index in [-0.39, 0.29) is 39.0 Å². The molecular formula is C6H36CuN4O20S4+2. The first-order chi connectivity index (χ1) is 12.8. The van der Waals surface area contributed by atoms with Crippen LogP contribution in [0.2, 0.25) is 0 Å². The molecule has 0 fully saturated rings. The number of rotatable bonds is 4. The molecule has 24 nitrogen and oxygen atoms in total. The zero-order valence-electron chi connectivity index (χ0n) is 17.8. The van der Waals surface area contributed by atoms with E-state index in [0.29, 0.717) is 0 Å². The molecular weight excluding hydrogens is 640 g/mol. The summed E-state index contributed by atoms with van der Waals surface area (Å²) in [5.41, 5.74) is 14.5. The second kappa shape index (κ2) is 40.8. The predicted molar refractivity (Wildman–Crippen MR) is 103 cm³/mol. The molecule has 0 saturated heterocycles. The minimum absolute atomic E-state index is 0. The Hall–Kier alpha value is -0.321. The second-order valence-electron chi connectivity index (χ2n) is 3.79. The van der Waals surface area contributed by atoms with Crippen LogP contribution in [0.5, 0.6) is 0 Å². The molecule has 0 spiro atoms. The van der Waals surface area contributed by atoms with Crippen LogP contribution in [0.25, 0.3) is 0 Å². The van der Waals surface area contributed by atoms with E-state index < -0.39 is 41.6 Å². The van der Waals surface area contributed by atoms with E-state index in [0.717, 1.165) is 26.2 Å². The Morgan fingerprint density at radius 2 is 0.543 bits per heavy atom. The quantitative estimate of drug-likeness (QED) is 0.0696. The first-order valence-electron chi connectivity index (χ1n) is 6.70. The number of hydrogen-bond acceptors (Lipinski definition) is 14. The molecule has 0 aromatic carbocycles. The van der Waals surface area contributed by atoms with Crippen LogP contribution in [0, 0.1) is 0 Å². The molecule has 0 aromatic rings. The van der Waals surface area contributed by atoms with Crippen molar-refractivity contribution in [3.05, 3.63) is 0 Å². The van der Waals surface area contributed by atoms with E-state index in [1.807, 2.05) is 0 Å². The van der Waals surface area contributed by atoms with E-state index in [4.69, 9.17) is 70.1 Å². The van der Waals surface area contributed by atoms with Crippen molar-refractivity contribution < 1.29 is 132 Å². The van der Waals surface area contributed by atoms with Gasteiger partial charge >= 0.3 is 17.1 Å². The van der Waals surface area contributed by atoms with Gasteiger partial charge in [0.15, 0.2) is 0 Å². The average molecular weight is 676 g/mol. The van der Waals surface area contributed by atoms with Crippen LogP contribution in [0.4, 0.5) is 0 Å². The van der Waals surface area contributed by atoms with E-state index >= 15 is 0 Å². The van der Waals surface area contributed by atoms with Crippen LogP contribution < -0.4 is 22.9 Å². The standard InChI is InChI=1S/2C3H10N2.Cu.4H2O4S.4H2O/c2*4-2-1-3-5;;4*1-5(2,3)4;;;;/h2*1-5H2;;4*(H2,1,2,3,4);4*1H2/q;;+2;;;;;;;;. The van der Waals surface area contributed by atoms with Crippen LogP contribution in [0.3, 0.4) is 0 Å². The van der Waals surface area contributed by atoms with E-state index in [9.17, 15) is 0 Å². The van der Waals surface area contributed by atoms with Gasteiger partial charge in [-0.1, -0.05) is 0 Å². The predicted octanol–water partition coefficient (Wildman–Crippen LogP) is -12.4. The molecule has 0 aromatic heterocycles. The van der Waals surface area contributed by atoms with Crippen molar-refractivity contribution in [2.24, 2.45) is 0 Å². The van der Waals surface area contributed by atoms with Crippen LogP contribution in [-0.2, 0) is 69.6 Å². The third kappa shape index (κ3) is 2500. The fourth-order valence-corrected chi connectivity index (χ4v) is 0.354. The molecule has 29 heteroatoms. The Morgan fingerprint density at radius 3 is 0.543 bits per heavy atom. The monoisotopic (exact) mass is 675 g/mol. The van der Waals surface area contributed by atoms with Gasteiger partial charge in [0.25, 0.3) is 0 Å². The summed E-state index contributed by atoms with van der Waals surface area (Å²) in [6, 6.07) is 0. The summed E-state index contributed by atoms with van der Waals surface area (Å²) in [7, 11) is -20.2. The molecule has 1 radical (unpaired) electrons. The normalized spacial score (nSPS) is 9.03. The third-order valence-electron chi connectivity index (χ3n) is 1.000. The van der Waals surface area contributed by atoms with E-state index in [1.165, 1.54) is 12.8 Å². The summed E-state index contributed by atoms with van der Waals surface area (Å²) in [5.74, 6) is 0. The Morgan fingerprint density at radius 1 is 0.486 bits per heavy atom. The summed E-state index contributed by atoms with van der Waals surface area (Å²) in [6.07, 6.45) is 2.33. The summed E-state index contributed by atoms with van der Waals surface area (Å²) in [4.78, 5) is 0. The minimum atomic E-state index is -5.17. The smallest absolute Gasteiger partial charge is 0.759 e. The fourth-order valence-electron chi connectivity index (χ4n) is 0.354. The molecule has 0 aliphatic carbocycles. The Kier molecular flexibility index (Phi) is 81.8. The molecule has 0 aliphatic heterocycles. The molecule has 0 rings (SSSR count). The second-order valence-corrected chi connectivity index (χ2v) is 7.14. The van der Waals surface area contributed by atoms with Gasteiger partial charge in [0.2, 0.25) is 20.8 Å². The van der Waals surface area contributed by atoms with E-state index in [2.05, 4.69) is 22.9 Å². The van der Waals surface area contributed by atoms with Crippen LogP contribution in [0.15, 0.2) is 0 Å². The third-order valence-corrected chi connectivity index (χ3v) is 1.000. The Labute approximate surface area is 212 Å². The molecule has 0 atom stereocenters. The van der Waals surface area contributed by atoms with Gasteiger partial charge in [-0.3, -0.25) is 25.9 Å². The topological polar surface area (TPSA) is 555 Å². The van der Waals surface area contributed by atoms with Gasteiger partial charge < -0.3 is 72.2 Å². The SMILES string of the molecule is O.O.O=S(=O)([O-])O.O=S(=O)([O-])O.O=S(=O)([O-])[O-].O=S(=O)([O-])[O-].[Cu+2].[NH3+]CCC[NH3+].[NH3+]CCC[NH3+].[OH3+].[OH3+]. The zero-order chi connectivity index (χ0) is 26.2. The molecule has 0 saturated carbocycles. The van der Waals surface area contributed by atoms with Crippen molar-refractivity contribution in [3.8, 4) is 0 Å². The molecule has 0 bridgehead atoms. The summed E-state index contributed by atoms with van der Waals surface area (Å²) >= 11 is 0. The molecule has 0 heterocycles.